The topological polar surface area (TPSA) is 209 Å². The van der Waals surface area contributed by atoms with Gasteiger partial charge in [-0.25, -0.2) is 0 Å². The number of Topliss-reactive ketones (excluding diaryl/α,β-unsaturated/α-hetero) is 2. The van der Waals surface area contributed by atoms with Crippen molar-refractivity contribution in [3.63, 3.8) is 0 Å². The van der Waals surface area contributed by atoms with Crippen molar-refractivity contribution < 1.29 is 33.5 Å². The number of azo groups is 2. The number of halogens is 7. The largest absolute Gasteiger partial charge is 0.473 e. The molecule has 3 atom stereocenters. The SMILES string of the molecule is CC(=O)C(N=Nc1cccc(C(=O)Nc2c(Cl)cccc2Cl)c1Cl)C(=O)Nc1ccc(NC(=O)C(N=Nc2cccc(C(=O)Nc3c(Cl)cccc3Cl)c2Cl)C(C)=O)c(OC(C)Cl)c1. The van der Waals surface area contributed by atoms with E-state index in [4.69, 9.17) is 85.9 Å². The van der Waals surface area contributed by atoms with E-state index in [0.717, 1.165) is 13.8 Å². The summed E-state index contributed by atoms with van der Waals surface area (Å²) in [5.41, 5.74) is -0.695. The molecule has 0 aliphatic carbocycles. The molecule has 330 valence electrons. The van der Waals surface area contributed by atoms with Crippen LogP contribution >= 0.6 is 81.2 Å². The second kappa shape index (κ2) is 22.3. The van der Waals surface area contributed by atoms with Crippen LogP contribution in [0.3, 0.4) is 0 Å². The van der Waals surface area contributed by atoms with Crippen LogP contribution < -0.4 is 26.0 Å². The summed E-state index contributed by atoms with van der Waals surface area (Å²) in [6.45, 7) is 3.71. The molecule has 0 fully saturated rings. The van der Waals surface area contributed by atoms with Crippen molar-refractivity contribution >= 4 is 151 Å². The van der Waals surface area contributed by atoms with Crippen LogP contribution in [0.25, 0.3) is 0 Å². The van der Waals surface area contributed by atoms with Gasteiger partial charge < -0.3 is 26.0 Å². The zero-order valence-electron chi connectivity index (χ0n) is 33.2. The Hall–Kier alpha value is -5.65. The van der Waals surface area contributed by atoms with Crippen LogP contribution in [0.4, 0.5) is 34.1 Å². The maximum absolute atomic E-state index is 13.5. The number of nitrogens with zero attached hydrogens (tertiary/aromatic N) is 4. The number of para-hydroxylation sites is 2. The van der Waals surface area contributed by atoms with Gasteiger partial charge in [-0.05, 0) is 81.4 Å². The van der Waals surface area contributed by atoms with Gasteiger partial charge in [-0.1, -0.05) is 105 Å². The molecule has 5 aromatic carbocycles. The zero-order chi connectivity index (χ0) is 46.8. The van der Waals surface area contributed by atoms with Gasteiger partial charge in [0, 0.05) is 11.8 Å². The summed E-state index contributed by atoms with van der Waals surface area (Å²) in [6.07, 6.45) is 0. The summed E-state index contributed by atoms with van der Waals surface area (Å²) in [5.74, 6) is -4.66. The Bertz CT molecular complexity index is 2690. The maximum atomic E-state index is 13.5. The lowest BCUT2D eigenvalue weighted by Crippen LogP contribution is -2.32. The van der Waals surface area contributed by atoms with E-state index in [2.05, 4.69) is 41.7 Å². The number of hydrogen-bond donors (Lipinski definition) is 4. The van der Waals surface area contributed by atoms with Crippen LogP contribution in [-0.2, 0) is 19.2 Å². The number of carbonyl (C=O) groups is 6. The smallest absolute Gasteiger partial charge is 0.258 e. The van der Waals surface area contributed by atoms with Crippen LogP contribution in [0, 0.1) is 0 Å². The van der Waals surface area contributed by atoms with Gasteiger partial charge in [0.25, 0.3) is 23.6 Å². The van der Waals surface area contributed by atoms with Gasteiger partial charge >= 0.3 is 0 Å². The number of alkyl halides is 1. The zero-order valence-corrected chi connectivity index (χ0v) is 38.5. The molecule has 4 N–H and O–H groups in total. The van der Waals surface area contributed by atoms with E-state index in [1.165, 1.54) is 85.8 Å². The Labute approximate surface area is 399 Å². The Morgan fingerprint density at radius 3 is 1.36 bits per heavy atom. The quantitative estimate of drug-likeness (QED) is 0.0426. The van der Waals surface area contributed by atoms with Crippen LogP contribution in [-0.4, -0.2) is 52.8 Å². The highest BCUT2D eigenvalue weighted by molar-refractivity contribution is 6.42. The molecule has 4 amide bonds. The molecule has 0 aromatic heterocycles. The van der Waals surface area contributed by atoms with Gasteiger partial charge in [-0.2, -0.15) is 20.5 Å². The van der Waals surface area contributed by atoms with Gasteiger partial charge in [0.1, 0.15) is 17.1 Å². The van der Waals surface area contributed by atoms with E-state index in [-0.39, 0.29) is 81.1 Å². The summed E-state index contributed by atoms with van der Waals surface area (Å²) < 4.78 is 5.67. The lowest BCUT2D eigenvalue weighted by atomic mass is 10.1. The molecule has 0 aliphatic heterocycles. The lowest BCUT2D eigenvalue weighted by Gasteiger charge is -2.17. The number of rotatable bonds is 16. The first-order valence-corrected chi connectivity index (χ1v) is 21.0. The van der Waals surface area contributed by atoms with Crippen molar-refractivity contribution in [2.75, 3.05) is 21.3 Å². The number of carbonyl (C=O) groups excluding carboxylic acids is 6. The van der Waals surface area contributed by atoms with Crippen molar-refractivity contribution in [2.45, 2.75) is 38.4 Å². The lowest BCUT2D eigenvalue weighted by molar-refractivity contribution is -0.127. The van der Waals surface area contributed by atoms with Gasteiger partial charge in [-0.15, -0.1) is 0 Å². The Morgan fingerprint density at radius 2 is 0.953 bits per heavy atom. The van der Waals surface area contributed by atoms with Crippen LogP contribution in [0.5, 0.6) is 5.75 Å². The average molecular weight is 1010 g/mol. The average Bonchev–Trinajstić information content (AvgIpc) is 3.22. The van der Waals surface area contributed by atoms with E-state index in [1.807, 2.05) is 0 Å². The van der Waals surface area contributed by atoms with Crippen LogP contribution in [0.2, 0.25) is 30.1 Å². The number of amides is 4. The number of hydrogen-bond acceptors (Lipinski definition) is 11. The monoisotopic (exact) mass is 1000 g/mol. The second-order valence-electron chi connectivity index (χ2n) is 13.2. The van der Waals surface area contributed by atoms with Gasteiger partial charge in [-0.3, -0.25) is 28.8 Å². The molecule has 0 aliphatic rings. The van der Waals surface area contributed by atoms with Crippen molar-refractivity contribution in [2.24, 2.45) is 20.5 Å². The molecule has 0 heterocycles. The molecule has 0 saturated carbocycles. The molecule has 64 heavy (non-hydrogen) atoms. The number of nitrogens with one attached hydrogen (secondary N) is 4. The van der Waals surface area contributed by atoms with Crippen LogP contribution in [0.1, 0.15) is 41.5 Å². The fourth-order valence-corrected chi connectivity index (χ4v) is 6.98. The third kappa shape index (κ3) is 12.5. The number of benzene rings is 5. The standard InChI is InChI=1S/C42H31Cl7N8O7/c1-19(58)35(56-54-30-14-4-8-23(33(30)48)39(60)52-37-25(44)10-6-11-26(37)45)41(62)50-22-16-17-29(32(18-22)64-21(3)43)51-42(63)36(20(2)59)57-55-31-15-5-9-24(34(31)49)40(61)53-38-27(46)12-7-13-28(38)47/h4-18,21,35-36H,1-3H3,(H,50,62)(H,51,63)(H,52,60)(H,53,61). The van der Waals surface area contributed by atoms with Crippen molar-refractivity contribution in [3.05, 3.63) is 132 Å². The van der Waals surface area contributed by atoms with E-state index >= 15 is 0 Å². The van der Waals surface area contributed by atoms with E-state index < -0.39 is 52.8 Å². The minimum Gasteiger partial charge on any atom is -0.473 e. The van der Waals surface area contributed by atoms with Gasteiger partial charge in [0.2, 0.25) is 12.1 Å². The minimum absolute atomic E-state index is 0.00468. The molecule has 3 unspecified atom stereocenters. The molecule has 0 spiro atoms. The van der Waals surface area contributed by atoms with Crippen molar-refractivity contribution in [1.29, 1.82) is 0 Å². The molecule has 0 radical (unpaired) electrons. The third-order valence-electron chi connectivity index (χ3n) is 8.47. The number of ether oxygens (including phenoxy) is 1. The normalized spacial score (nSPS) is 12.6. The fraction of sp³-hybridized carbons (Fsp3) is 0.143. The number of anilines is 4. The Morgan fingerprint density at radius 1 is 0.547 bits per heavy atom. The number of ketones is 2. The highest BCUT2D eigenvalue weighted by atomic mass is 35.5. The molecular formula is C42H31Cl7N8O7. The van der Waals surface area contributed by atoms with Crippen molar-refractivity contribution in [3.8, 4) is 5.75 Å². The van der Waals surface area contributed by atoms with Gasteiger partial charge in [0.15, 0.2) is 17.1 Å². The van der Waals surface area contributed by atoms with E-state index in [0.29, 0.717) is 0 Å². The summed E-state index contributed by atoms with van der Waals surface area (Å²) in [4.78, 5) is 78.3. The molecule has 22 heteroatoms. The molecule has 0 saturated heterocycles. The minimum atomic E-state index is -1.71. The highest BCUT2D eigenvalue weighted by Gasteiger charge is 2.27. The van der Waals surface area contributed by atoms with Gasteiger partial charge in [0.05, 0.1) is 58.3 Å². The summed E-state index contributed by atoms with van der Waals surface area (Å²) in [6, 6.07) is 18.5. The predicted octanol–water partition coefficient (Wildman–Crippen LogP) is 12.4. The first-order valence-electron chi connectivity index (χ1n) is 18.3. The first kappa shape index (κ1) is 49.4. The third-order valence-corrected chi connectivity index (χ3v) is 10.6. The second-order valence-corrected chi connectivity index (χ2v) is 16.2. The predicted molar refractivity (Wildman–Crippen MR) is 249 cm³/mol. The first-order chi connectivity index (χ1) is 30.4. The summed E-state index contributed by atoms with van der Waals surface area (Å²) in [7, 11) is 0. The van der Waals surface area contributed by atoms with E-state index in [9.17, 15) is 28.8 Å². The summed E-state index contributed by atoms with van der Waals surface area (Å²) in [5, 5.41) is 26.6. The van der Waals surface area contributed by atoms with E-state index in [1.54, 1.807) is 12.1 Å². The fourth-order valence-electron chi connectivity index (χ4n) is 5.41. The molecular weight excluding hydrogens is 977 g/mol. The summed E-state index contributed by atoms with van der Waals surface area (Å²) >= 11 is 43.8. The molecule has 5 aromatic rings. The molecule has 15 nitrogen and oxygen atoms in total. The Balaban J connectivity index is 1.31. The van der Waals surface area contributed by atoms with Crippen molar-refractivity contribution in [1.82, 2.24) is 0 Å². The molecule has 0 bridgehead atoms. The molecule has 5 rings (SSSR count). The Kier molecular flexibility index (Phi) is 17.2. The highest BCUT2D eigenvalue weighted by Crippen LogP contribution is 2.36. The maximum Gasteiger partial charge on any atom is 0.258 e. The van der Waals surface area contributed by atoms with Crippen LogP contribution in [0.15, 0.2) is 111 Å².